The Kier molecular flexibility index (Phi) is 7.84. The van der Waals surface area contributed by atoms with E-state index in [9.17, 15) is 28.8 Å². The topological polar surface area (TPSA) is 168 Å². The summed E-state index contributed by atoms with van der Waals surface area (Å²) in [5.41, 5.74) is 2.52. The molecule has 12 nitrogen and oxygen atoms in total. The minimum atomic E-state index is -0.760. The molecule has 2 aliphatic heterocycles. The average molecular weight is 546 g/mol. The molecule has 0 fully saturated rings. The molecule has 0 unspecified atom stereocenters. The second kappa shape index (κ2) is 11.3. The first-order valence-corrected chi connectivity index (χ1v) is 11.7. The lowest BCUT2D eigenvalue weighted by molar-refractivity contribution is 0.00569. The van der Waals surface area contributed by atoms with Crippen molar-refractivity contribution in [3.05, 3.63) is 99.6 Å². The summed E-state index contributed by atoms with van der Waals surface area (Å²) in [6.07, 6.45) is 0. The number of nitrogens with zero attached hydrogens (tertiary/aromatic N) is 2. The Hall–Kier alpha value is -5.20. The Bertz CT molecular complexity index is 1560. The lowest BCUT2D eigenvalue weighted by atomic mass is 10.1. The average Bonchev–Trinajstić information content (AvgIpc) is 3.33. The maximum Gasteiger partial charge on any atom is 0.340 e. The van der Waals surface area contributed by atoms with Crippen molar-refractivity contribution in [3.8, 4) is 0 Å². The maximum atomic E-state index is 12.5. The van der Waals surface area contributed by atoms with E-state index in [-0.39, 0.29) is 33.4 Å². The molecule has 0 atom stereocenters. The molecule has 0 radical (unpaired) electrons. The number of ether oxygens (including phenoxy) is 2. The van der Waals surface area contributed by atoms with Gasteiger partial charge in [-0.25, -0.2) is 14.5 Å². The van der Waals surface area contributed by atoms with Gasteiger partial charge in [-0.15, -0.1) is 0 Å². The summed E-state index contributed by atoms with van der Waals surface area (Å²) in [4.78, 5) is 73.2. The molecule has 4 amide bonds. The normalized spacial score (nSPS) is 13.5. The minimum absolute atomic E-state index is 0.102. The molecular formula is C28H22N2O10. The summed E-state index contributed by atoms with van der Waals surface area (Å²) in [6.45, 7) is 0.423. The lowest BCUT2D eigenvalue weighted by Gasteiger charge is -2.13. The fraction of sp³-hybridized carbons (Fsp3) is 0.143. The highest BCUT2D eigenvalue weighted by Crippen LogP contribution is 2.29. The number of amides is 4. The van der Waals surface area contributed by atoms with E-state index in [4.69, 9.17) is 10.2 Å². The smallest absolute Gasteiger partial charge is 0.340 e. The van der Waals surface area contributed by atoms with Gasteiger partial charge in [-0.1, -0.05) is 17.7 Å². The van der Waals surface area contributed by atoms with Crippen LogP contribution in [0.3, 0.4) is 0 Å². The molecule has 40 heavy (non-hydrogen) atoms. The van der Waals surface area contributed by atoms with Gasteiger partial charge >= 0.3 is 11.9 Å². The second-order valence-corrected chi connectivity index (χ2v) is 8.59. The third-order valence-electron chi connectivity index (χ3n) is 6.13. The zero-order valence-corrected chi connectivity index (χ0v) is 21.2. The summed E-state index contributed by atoms with van der Waals surface area (Å²) in [5.74, 6) is -3.28. The molecule has 2 N–H and O–H groups in total. The van der Waals surface area contributed by atoms with Crippen LogP contribution in [0.1, 0.15) is 67.7 Å². The molecule has 204 valence electrons. The highest BCUT2D eigenvalue weighted by Gasteiger charge is 2.37. The van der Waals surface area contributed by atoms with Crippen LogP contribution in [0.15, 0.2) is 60.7 Å². The lowest BCUT2D eigenvalue weighted by Crippen LogP contribution is -2.29. The van der Waals surface area contributed by atoms with Crippen molar-refractivity contribution in [2.75, 3.05) is 25.5 Å². The predicted octanol–water partition coefficient (Wildman–Crippen LogP) is 1.92. The van der Waals surface area contributed by atoms with Gasteiger partial charge < -0.3 is 19.7 Å². The highest BCUT2D eigenvalue weighted by atomic mass is 16.6. The Balaban J connectivity index is 0.000000194. The van der Waals surface area contributed by atoms with Crippen LogP contribution >= 0.6 is 0 Å². The van der Waals surface area contributed by atoms with E-state index < -0.39 is 49.2 Å². The minimum Gasteiger partial charge on any atom is -0.435 e. The van der Waals surface area contributed by atoms with Gasteiger partial charge in [0.15, 0.2) is 13.6 Å². The van der Waals surface area contributed by atoms with Crippen molar-refractivity contribution in [1.82, 2.24) is 4.90 Å². The van der Waals surface area contributed by atoms with Gasteiger partial charge in [0.2, 0.25) is 0 Å². The monoisotopic (exact) mass is 546 g/mol. The second-order valence-electron chi connectivity index (χ2n) is 8.59. The number of carbonyl (C=O) groups is 6. The van der Waals surface area contributed by atoms with E-state index in [0.29, 0.717) is 5.69 Å². The van der Waals surface area contributed by atoms with Crippen molar-refractivity contribution in [3.63, 3.8) is 0 Å². The quantitative estimate of drug-likeness (QED) is 0.274. The van der Waals surface area contributed by atoms with Crippen molar-refractivity contribution in [1.29, 1.82) is 0 Å². The highest BCUT2D eigenvalue weighted by molar-refractivity contribution is 6.34. The summed E-state index contributed by atoms with van der Waals surface area (Å²) in [7, 11) is 1.37. The number of aliphatic hydroxyl groups is 2. The number of hydrogen-bond acceptors (Lipinski definition) is 10. The molecule has 3 aromatic rings. The van der Waals surface area contributed by atoms with Gasteiger partial charge in [-0.05, 0) is 55.5 Å². The van der Waals surface area contributed by atoms with E-state index >= 15 is 0 Å². The summed E-state index contributed by atoms with van der Waals surface area (Å²) < 4.78 is 8.86. The number of aliphatic hydroxyl groups excluding tert-OH is 2. The van der Waals surface area contributed by atoms with Crippen molar-refractivity contribution < 1.29 is 48.5 Å². The predicted molar refractivity (Wildman–Crippen MR) is 137 cm³/mol. The molecule has 5 rings (SSSR count). The van der Waals surface area contributed by atoms with Crippen LogP contribution in [-0.2, 0) is 9.47 Å². The summed E-state index contributed by atoms with van der Waals surface area (Å²) >= 11 is 0. The number of anilines is 1. The number of fused-ring (bicyclic) bond motifs is 2. The van der Waals surface area contributed by atoms with Crippen LogP contribution in [0.25, 0.3) is 0 Å². The molecule has 12 heteroatoms. The zero-order valence-electron chi connectivity index (χ0n) is 21.2. The van der Waals surface area contributed by atoms with Crippen LogP contribution < -0.4 is 4.90 Å². The zero-order chi connectivity index (χ0) is 29.1. The standard InChI is InChI=1S/C17H13NO5.C11H9NO5/c1-10-2-5-12(6-3-10)18-15(20)13-7-4-11(17(22)23-9-19)8-14(13)16(18)21;1-12-9(14)7-3-2-6(11(16)17-5-13)4-8(7)10(12)15/h2-8,19H,9H2,1H3;2-4,13H,5H2,1H3. The van der Waals surface area contributed by atoms with Gasteiger partial charge in [-0.3, -0.25) is 24.1 Å². The van der Waals surface area contributed by atoms with Crippen LogP contribution in [0.2, 0.25) is 0 Å². The molecule has 0 saturated carbocycles. The Morgan fingerprint density at radius 2 is 1.07 bits per heavy atom. The van der Waals surface area contributed by atoms with Crippen molar-refractivity contribution in [2.45, 2.75) is 6.92 Å². The van der Waals surface area contributed by atoms with Gasteiger partial charge in [0, 0.05) is 7.05 Å². The van der Waals surface area contributed by atoms with Crippen LogP contribution in [0.5, 0.6) is 0 Å². The molecule has 3 aromatic carbocycles. The Morgan fingerprint density at radius 1 is 0.650 bits per heavy atom. The number of rotatable bonds is 5. The molecule has 0 bridgehead atoms. The third kappa shape index (κ3) is 5.08. The van der Waals surface area contributed by atoms with Gasteiger partial charge in [-0.2, -0.15) is 0 Å². The third-order valence-corrected chi connectivity index (χ3v) is 6.13. The van der Waals surface area contributed by atoms with Gasteiger partial charge in [0.05, 0.1) is 39.1 Å². The molecule has 0 saturated heterocycles. The first-order valence-electron chi connectivity index (χ1n) is 11.7. The number of benzene rings is 3. The van der Waals surface area contributed by atoms with E-state index in [1.165, 1.54) is 43.4 Å². The summed E-state index contributed by atoms with van der Waals surface area (Å²) in [6, 6.07) is 15.2. The fourth-order valence-electron chi connectivity index (χ4n) is 4.07. The number of carbonyl (C=O) groups excluding carboxylic acids is 6. The number of imide groups is 2. The SMILES string of the molecule is CN1C(=O)c2ccc(C(=O)OCO)cc2C1=O.Cc1ccc(N2C(=O)c3ccc(C(=O)OCO)cc3C2=O)cc1. The first-order chi connectivity index (χ1) is 19.1. The molecule has 2 heterocycles. The first kappa shape index (κ1) is 27.8. The molecule has 0 aliphatic carbocycles. The number of hydrogen-bond donors (Lipinski definition) is 2. The van der Waals surface area contributed by atoms with Gasteiger partial charge in [0.1, 0.15) is 0 Å². The molecule has 2 aliphatic rings. The van der Waals surface area contributed by atoms with Crippen molar-refractivity contribution in [2.24, 2.45) is 0 Å². The van der Waals surface area contributed by atoms with Crippen LogP contribution in [-0.4, -0.2) is 71.3 Å². The summed E-state index contributed by atoms with van der Waals surface area (Å²) in [5, 5.41) is 17.1. The maximum absolute atomic E-state index is 12.5. The van der Waals surface area contributed by atoms with Gasteiger partial charge in [0.25, 0.3) is 23.6 Å². The van der Waals surface area contributed by atoms with Crippen molar-refractivity contribution >= 4 is 41.3 Å². The molecule has 0 aromatic heterocycles. The number of esters is 2. The van der Waals surface area contributed by atoms with Crippen LogP contribution in [0.4, 0.5) is 5.69 Å². The largest absolute Gasteiger partial charge is 0.435 e. The Morgan fingerprint density at radius 3 is 1.57 bits per heavy atom. The van der Waals surface area contributed by atoms with E-state index in [2.05, 4.69) is 9.47 Å². The fourth-order valence-corrected chi connectivity index (χ4v) is 4.07. The van der Waals surface area contributed by atoms with Crippen LogP contribution in [0, 0.1) is 6.92 Å². The molecular weight excluding hydrogens is 524 g/mol. The van der Waals surface area contributed by atoms with E-state index in [0.717, 1.165) is 15.4 Å². The van der Waals surface area contributed by atoms with E-state index in [1.54, 1.807) is 12.1 Å². The molecule has 0 spiro atoms. The Labute approximate surface area is 226 Å². The number of aryl methyl sites for hydroxylation is 1. The van der Waals surface area contributed by atoms with E-state index in [1.807, 2.05) is 19.1 Å².